The summed E-state index contributed by atoms with van der Waals surface area (Å²) in [4.78, 5) is 56.3. The summed E-state index contributed by atoms with van der Waals surface area (Å²) in [5, 5.41) is 8.23. The Morgan fingerprint density at radius 3 is 2.45 bits per heavy atom. The molecule has 0 aromatic heterocycles. The summed E-state index contributed by atoms with van der Waals surface area (Å²) in [5.74, 6) is -1.45. The van der Waals surface area contributed by atoms with Crippen LogP contribution in [0.4, 0.5) is 0 Å². The minimum atomic E-state index is -1.12. The molecule has 0 saturated heterocycles. The highest BCUT2D eigenvalue weighted by atomic mass is 16.5. The number of nitrogens with zero attached hydrogens (tertiary/aromatic N) is 2. The number of ether oxygens (including phenoxy) is 1. The number of carbonyl (C=O) groups is 4. The maximum Gasteiger partial charge on any atom is 0.255 e. The van der Waals surface area contributed by atoms with Crippen molar-refractivity contribution in [1.82, 2.24) is 25.8 Å². The van der Waals surface area contributed by atoms with Crippen molar-refractivity contribution >= 4 is 23.6 Å². The van der Waals surface area contributed by atoms with Crippen molar-refractivity contribution in [3.8, 4) is 5.75 Å². The molecule has 1 aliphatic rings. The molecule has 0 fully saturated rings. The number of fused-ring (bicyclic) bond motifs is 1. The largest absolute Gasteiger partial charge is 0.491 e. The average Bonchev–Trinajstić information content (AvgIpc) is 2.93. The van der Waals surface area contributed by atoms with Crippen molar-refractivity contribution in [3.63, 3.8) is 0 Å². The Balaban J connectivity index is 1.83. The van der Waals surface area contributed by atoms with Crippen molar-refractivity contribution in [1.29, 1.82) is 0 Å². The number of likely N-dealkylation sites (N-methyl/N-ethyl adjacent to an activating group) is 1. The molecule has 0 aliphatic carbocycles. The van der Waals surface area contributed by atoms with Crippen LogP contribution < -0.4 is 20.7 Å². The van der Waals surface area contributed by atoms with Gasteiger partial charge in [0.25, 0.3) is 5.91 Å². The SMILES string of the molecule is C[C@@H]1NC(=O)C[C@@H](C(=O)NCCCCN(C)C)NC(=O)c2ccccc2OC[C@H](Cc2ccccc2)N(C)C1=O. The quantitative estimate of drug-likeness (QED) is 0.429. The van der Waals surface area contributed by atoms with E-state index in [1.54, 1.807) is 43.1 Å². The summed E-state index contributed by atoms with van der Waals surface area (Å²) >= 11 is 0. The first-order chi connectivity index (χ1) is 19.2. The summed E-state index contributed by atoms with van der Waals surface area (Å²) in [7, 11) is 5.64. The van der Waals surface area contributed by atoms with Gasteiger partial charge in [-0.3, -0.25) is 19.2 Å². The van der Waals surface area contributed by atoms with Crippen LogP contribution in [0.1, 0.15) is 42.1 Å². The van der Waals surface area contributed by atoms with Gasteiger partial charge in [0.15, 0.2) is 0 Å². The molecule has 3 N–H and O–H groups in total. The summed E-state index contributed by atoms with van der Waals surface area (Å²) in [6, 6.07) is 14.2. The minimum Gasteiger partial charge on any atom is -0.491 e. The van der Waals surface area contributed by atoms with Gasteiger partial charge in [0.2, 0.25) is 17.7 Å². The third-order valence-corrected chi connectivity index (χ3v) is 6.86. The van der Waals surface area contributed by atoms with Gasteiger partial charge in [0.05, 0.1) is 18.0 Å². The van der Waals surface area contributed by atoms with Crippen molar-refractivity contribution < 1.29 is 23.9 Å². The number of para-hydroxylation sites is 1. The summed E-state index contributed by atoms with van der Waals surface area (Å²) in [6.45, 7) is 3.04. The molecule has 0 spiro atoms. The Kier molecular flexibility index (Phi) is 11.5. The Morgan fingerprint density at radius 2 is 1.73 bits per heavy atom. The van der Waals surface area contributed by atoms with Crippen LogP contribution in [0.2, 0.25) is 0 Å². The first-order valence-electron chi connectivity index (χ1n) is 13.7. The molecule has 10 nitrogen and oxygen atoms in total. The van der Waals surface area contributed by atoms with Crippen molar-refractivity contribution in [2.75, 3.05) is 40.8 Å². The van der Waals surface area contributed by atoms with Gasteiger partial charge in [0, 0.05) is 13.6 Å². The van der Waals surface area contributed by atoms with Gasteiger partial charge >= 0.3 is 0 Å². The van der Waals surface area contributed by atoms with Crippen LogP contribution in [0.15, 0.2) is 54.6 Å². The van der Waals surface area contributed by atoms with E-state index in [2.05, 4.69) is 20.9 Å². The van der Waals surface area contributed by atoms with Crippen LogP contribution in [0.25, 0.3) is 0 Å². The molecule has 2 aromatic rings. The van der Waals surface area contributed by atoms with E-state index < -0.39 is 29.8 Å². The lowest BCUT2D eigenvalue weighted by atomic mass is 10.0. The maximum atomic E-state index is 13.3. The summed E-state index contributed by atoms with van der Waals surface area (Å²) in [6.07, 6.45) is 1.87. The molecule has 216 valence electrons. The number of nitrogens with one attached hydrogen (secondary N) is 3. The lowest BCUT2D eigenvalue weighted by molar-refractivity contribution is -0.137. The standard InChI is InChI=1S/C30H41N5O5/c1-21-30(39)35(4)23(18-22-12-6-5-7-13-22)20-40-26-15-9-8-14-24(26)28(37)33-25(19-27(36)32-21)29(38)31-16-10-11-17-34(2)3/h5-9,12-15,21,23,25H,10-11,16-20H2,1-4H3,(H,31,38)(H,32,36)(H,33,37)/t21-,23-,25-/m0/s1. The van der Waals surface area contributed by atoms with E-state index in [0.717, 1.165) is 24.9 Å². The van der Waals surface area contributed by atoms with Gasteiger partial charge in [0.1, 0.15) is 24.4 Å². The lowest BCUT2D eigenvalue weighted by Gasteiger charge is -2.31. The second-order valence-electron chi connectivity index (χ2n) is 10.4. The lowest BCUT2D eigenvalue weighted by Crippen LogP contribution is -2.53. The first kappa shape index (κ1) is 30.6. The fraction of sp³-hybridized carbons (Fsp3) is 0.467. The molecule has 4 amide bonds. The Bertz CT molecular complexity index is 1160. The van der Waals surface area contributed by atoms with Gasteiger partial charge in [-0.2, -0.15) is 0 Å². The Labute approximate surface area is 236 Å². The molecular formula is C30H41N5O5. The zero-order chi connectivity index (χ0) is 29.1. The second-order valence-corrected chi connectivity index (χ2v) is 10.4. The molecule has 3 atom stereocenters. The molecule has 3 rings (SSSR count). The van der Waals surface area contributed by atoms with Gasteiger partial charge in [-0.1, -0.05) is 42.5 Å². The molecule has 10 heteroatoms. The number of hydrogen-bond acceptors (Lipinski definition) is 6. The molecule has 0 unspecified atom stereocenters. The monoisotopic (exact) mass is 551 g/mol. The zero-order valence-electron chi connectivity index (χ0n) is 23.8. The van der Waals surface area contributed by atoms with Crippen LogP contribution in [-0.2, 0) is 20.8 Å². The maximum absolute atomic E-state index is 13.3. The molecular weight excluding hydrogens is 510 g/mol. The fourth-order valence-electron chi connectivity index (χ4n) is 4.53. The second kappa shape index (κ2) is 15.0. The van der Waals surface area contributed by atoms with Crippen molar-refractivity contribution in [3.05, 3.63) is 65.7 Å². The predicted molar refractivity (Wildman–Crippen MR) is 153 cm³/mol. The third-order valence-electron chi connectivity index (χ3n) is 6.86. The van der Waals surface area contributed by atoms with Gasteiger partial charge < -0.3 is 30.5 Å². The highest BCUT2D eigenvalue weighted by molar-refractivity contribution is 6.01. The number of unbranched alkanes of at least 4 members (excludes halogenated alkanes) is 1. The van der Waals surface area contributed by atoms with Crippen LogP contribution >= 0.6 is 0 Å². The zero-order valence-corrected chi connectivity index (χ0v) is 23.8. The van der Waals surface area contributed by atoms with E-state index in [9.17, 15) is 19.2 Å². The third kappa shape index (κ3) is 9.08. The highest BCUT2D eigenvalue weighted by Crippen LogP contribution is 2.20. The molecule has 2 aromatic carbocycles. The molecule has 1 aliphatic heterocycles. The molecule has 0 bridgehead atoms. The Hall–Kier alpha value is -3.92. The summed E-state index contributed by atoms with van der Waals surface area (Å²) < 4.78 is 6.12. The van der Waals surface area contributed by atoms with Crippen LogP contribution in [0, 0.1) is 0 Å². The predicted octanol–water partition coefficient (Wildman–Crippen LogP) is 1.60. The number of rotatable bonds is 8. The van der Waals surface area contributed by atoms with Gasteiger partial charge in [-0.15, -0.1) is 0 Å². The minimum absolute atomic E-state index is 0.124. The van der Waals surface area contributed by atoms with E-state index >= 15 is 0 Å². The topological polar surface area (TPSA) is 120 Å². The smallest absolute Gasteiger partial charge is 0.255 e. The molecule has 40 heavy (non-hydrogen) atoms. The molecule has 1 heterocycles. The molecule has 0 radical (unpaired) electrons. The first-order valence-corrected chi connectivity index (χ1v) is 13.7. The van der Waals surface area contributed by atoms with E-state index in [1.165, 1.54) is 0 Å². The van der Waals surface area contributed by atoms with Crippen LogP contribution in [-0.4, -0.2) is 92.4 Å². The van der Waals surface area contributed by atoms with Crippen molar-refractivity contribution in [2.24, 2.45) is 0 Å². The number of benzene rings is 2. The van der Waals surface area contributed by atoms with E-state index in [1.807, 2.05) is 44.4 Å². The van der Waals surface area contributed by atoms with Gasteiger partial charge in [-0.25, -0.2) is 0 Å². The summed E-state index contributed by atoms with van der Waals surface area (Å²) in [5.41, 5.74) is 1.26. The average molecular weight is 552 g/mol. The van der Waals surface area contributed by atoms with E-state index in [0.29, 0.717) is 18.7 Å². The molecule has 0 saturated carbocycles. The number of amides is 4. The normalized spacial score (nSPS) is 20.6. The number of hydrogen-bond donors (Lipinski definition) is 3. The van der Waals surface area contributed by atoms with Crippen LogP contribution in [0.3, 0.4) is 0 Å². The number of carbonyl (C=O) groups excluding carboxylic acids is 4. The van der Waals surface area contributed by atoms with E-state index in [-0.39, 0.29) is 30.5 Å². The van der Waals surface area contributed by atoms with Crippen LogP contribution in [0.5, 0.6) is 5.75 Å². The van der Waals surface area contributed by atoms with Crippen molar-refractivity contribution in [2.45, 2.75) is 50.7 Å². The van der Waals surface area contributed by atoms with E-state index in [4.69, 9.17) is 4.74 Å². The fourth-order valence-corrected chi connectivity index (χ4v) is 4.53. The Morgan fingerprint density at radius 1 is 1.02 bits per heavy atom. The highest BCUT2D eigenvalue weighted by Gasteiger charge is 2.30. The van der Waals surface area contributed by atoms with Gasteiger partial charge in [-0.05, 0) is 64.5 Å².